The van der Waals surface area contributed by atoms with Gasteiger partial charge in [-0.3, -0.25) is 19.2 Å². The molecule has 2 amide bonds. The fourth-order valence-electron chi connectivity index (χ4n) is 5.23. The van der Waals surface area contributed by atoms with E-state index in [0.717, 1.165) is 50.0 Å². The van der Waals surface area contributed by atoms with Crippen LogP contribution in [0.25, 0.3) is 0 Å². The number of carbonyl (C=O) groups excluding carboxylic acids is 2. The van der Waals surface area contributed by atoms with E-state index in [0.29, 0.717) is 38.0 Å². The Kier molecular flexibility index (Phi) is 7.75. The number of piperidine rings is 1. The molecule has 2 atom stereocenters. The van der Waals surface area contributed by atoms with E-state index in [9.17, 15) is 9.59 Å². The van der Waals surface area contributed by atoms with Crippen molar-refractivity contribution in [3.05, 3.63) is 42.5 Å². The van der Waals surface area contributed by atoms with Crippen molar-refractivity contribution in [3.8, 4) is 0 Å². The number of anilines is 1. The van der Waals surface area contributed by atoms with Crippen LogP contribution in [0.3, 0.4) is 0 Å². The molecule has 0 radical (unpaired) electrons. The van der Waals surface area contributed by atoms with Crippen molar-refractivity contribution in [1.29, 1.82) is 0 Å². The number of nitrogens with zero attached hydrogens (tertiary/aromatic N) is 6. The van der Waals surface area contributed by atoms with Gasteiger partial charge in [0, 0.05) is 56.8 Å². The van der Waals surface area contributed by atoms with Gasteiger partial charge in [-0.05, 0) is 44.4 Å². The van der Waals surface area contributed by atoms with E-state index in [1.807, 2.05) is 34.9 Å². The Morgan fingerprint density at radius 1 is 1.09 bits per heavy atom. The molecule has 3 heterocycles. The highest BCUT2D eigenvalue weighted by molar-refractivity contribution is 5.94. The van der Waals surface area contributed by atoms with Crippen LogP contribution in [0, 0.1) is 0 Å². The summed E-state index contributed by atoms with van der Waals surface area (Å²) in [6.07, 6.45) is 9.26. The summed E-state index contributed by atoms with van der Waals surface area (Å²) < 4.78 is 1.77. The highest BCUT2D eigenvalue weighted by Gasteiger charge is 2.32. The predicted octanol–water partition coefficient (Wildman–Crippen LogP) is 3.09. The third-order valence-electron chi connectivity index (χ3n) is 7.19. The first kappa shape index (κ1) is 23.4. The third kappa shape index (κ3) is 5.61. The van der Waals surface area contributed by atoms with E-state index >= 15 is 0 Å². The van der Waals surface area contributed by atoms with Crippen LogP contribution in [-0.4, -0.2) is 68.6 Å². The van der Waals surface area contributed by atoms with Crippen molar-refractivity contribution in [2.24, 2.45) is 0 Å². The van der Waals surface area contributed by atoms with Crippen LogP contribution >= 0.6 is 0 Å². The number of likely N-dealkylation sites (N-methyl/N-ethyl adjacent to an activating group) is 1. The van der Waals surface area contributed by atoms with Gasteiger partial charge in [0.25, 0.3) is 0 Å². The Balaban J connectivity index is 1.59. The maximum absolute atomic E-state index is 13.4. The number of hydrogen-bond donors (Lipinski definition) is 0. The lowest BCUT2D eigenvalue weighted by molar-refractivity contribution is -0.133. The van der Waals surface area contributed by atoms with Crippen molar-refractivity contribution in [3.63, 3.8) is 0 Å². The van der Waals surface area contributed by atoms with Crippen LogP contribution in [0.15, 0.2) is 36.9 Å². The van der Waals surface area contributed by atoms with Crippen LogP contribution in [0.2, 0.25) is 0 Å². The molecule has 2 aromatic rings. The SMILES string of the molecule is CCC(=O)N1CCC2CCCC(CN(C(=O)CCCn3cncn3)Cc3ccccc31)N2C. The molecule has 178 valence electrons. The molecule has 1 fully saturated rings. The van der Waals surface area contributed by atoms with Crippen molar-refractivity contribution in [2.75, 3.05) is 25.0 Å². The Bertz CT molecular complexity index is 931. The lowest BCUT2D eigenvalue weighted by Crippen LogP contribution is -2.50. The summed E-state index contributed by atoms with van der Waals surface area (Å²) in [7, 11) is 2.19. The predicted molar refractivity (Wildman–Crippen MR) is 128 cm³/mol. The molecule has 0 aliphatic carbocycles. The first-order valence-electron chi connectivity index (χ1n) is 12.3. The molecule has 4 rings (SSSR count). The zero-order chi connectivity index (χ0) is 23.2. The van der Waals surface area contributed by atoms with E-state index in [2.05, 4.69) is 28.1 Å². The molecule has 1 aromatic heterocycles. The Morgan fingerprint density at radius 3 is 2.70 bits per heavy atom. The summed E-state index contributed by atoms with van der Waals surface area (Å²) in [6, 6.07) is 8.88. The van der Waals surface area contributed by atoms with Gasteiger partial charge in [0.05, 0.1) is 0 Å². The standard InChI is InChI=1S/C25H36N6O2/c1-3-24(32)31-15-13-21-9-6-10-22(28(21)2)17-29(16-20-8-4-5-11-23(20)31)25(33)12-7-14-30-19-26-18-27-30/h4-5,8,11,18-19,21-22H,3,6-7,9-10,12-17H2,1-2H3. The van der Waals surface area contributed by atoms with Crippen LogP contribution in [-0.2, 0) is 22.7 Å². The summed E-state index contributed by atoms with van der Waals surface area (Å²) in [5.41, 5.74) is 1.99. The lowest BCUT2D eigenvalue weighted by Gasteiger charge is -2.42. The second-order valence-corrected chi connectivity index (χ2v) is 9.26. The topological polar surface area (TPSA) is 74.6 Å². The number of amides is 2. The molecule has 8 heteroatoms. The van der Waals surface area contributed by atoms with Crippen LogP contribution in [0.4, 0.5) is 5.69 Å². The smallest absolute Gasteiger partial charge is 0.226 e. The largest absolute Gasteiger partial charge is 0.337 e. The third-order valence-corrected chi connectivity index (χ3v) is 7.19. The van der Waals surface area contributed by atoms with Crippen LogP contribution < -0.4 is 4.90 Å². The number of para-hydroxylation sites is 1. The maximum Gasteiger partial charge on any atom is 0.226 e. The zero-order valence-corrected chi connectivity index (χ0v) is 19.9. The fourth-order valence-corrected chi connectivity index (χ4v) is 5.23. The Morgan fingerprint density at radius 2 is 1.91 bits per heavy atom. The number of benzene rings is 1. The van der Waals surface area contributed by atoms with Crippen molar-refractivity contribution in [1.82, 2.24) is 24.6 Å². The number of aryl methyl sites for hydroxylation is 1. The summed E-state index contributed by atoms with van der Waals surface area (Å²) in [6.45, 7) is 4.58. The summed E-state index contributed by atoms with van der Waals surface area (Å²) in [5.74, 6) is 0.301. The van der Waals surface area contributed by atoms with Crippen LogP contribution in [0.1, 0.15) is 57.4 Å². The van der Waals surface area contributed by atoms with E-state index in [1.54, 1.807) is 11.0 Å². The Hall–Kier alpha value is -2.74. The molecule has 33 heavy (non-hydrogen) atoms. The average Bonchev–Trinajstić information content (AvgIpc) is 3.34. The van der Waals surface area contributed by atoms with E-state index < -0.39 is 0 Å². The minimum Gasteiger partial charge on any atom is -0.337 e. The van der Waals surface area contributed by atoms with Gasteiger partial charge in [-0.2, -0.15) is 5.10 Å². The van der Waals surface area contributed by atoms with E-state index in [4.69, 9.17) is 0 Å². The number of hydrogen-bond acceptors (Lipinski definition) is 5. The lowest BCUT2D eigenvalue weighted by atomic mass is 9.93. The molecule has 2 bridgehead atoms. The summed E-state index contributed by atoms with van der Waals surface area (Å²) in [4.78, 5) is 36.7. The normalized spacial score (nSPS) is 21.9. The molecule has 2 aliphatic heterocycles. The van der Waals surface area contributed by atoms with E-state index in [1.165, 1.54) is 12.7 Å². The van der Waals surface area contributed by atoms with Gasteiger partial charge in [0.15, 0.2) is 0 Å². The quantitative estimate of drug-likeness (QED) is 0.697. The molecule has 0 saturated carbocycles. The first-order valence-corrected chi connectivity index (χ1v) is 12.3. The second kappa shape index (κ2) is 10.9. The van der Waals surface area contributed by atoms with Crippen LogP contribution in [0.5, 0.6) is 0 Å². The van der Waals surface area contributed by atoms with Gasteiger partial charge in [-0.15, -0.1) is 0 Å². The molecular weight excluding hydrogens is 416 g/mol. The molecule has 1 saturated heterocycles. The molecular formula is C25H36N6O2. The monoisotopic (exact) mass is 452 g/mol. The number of aromatic nitrogens is 3. The first-order chi connectivity index (χ1) is 16.1. The van der Waals surface area contributed by atoms with E-state index in [-0.39, 0.29) is 11.8 Å². The molecule has 0 spiro atoms. The zero-order valence-electron chi connectivity index (χ0n) is 19.9. The fraction of sp³-hybridized carbons (Fsp3) is 0.600. The van der Waals surface area contributed by atoms with Crippen molar-refractivity contribution >= 4 is 17.5 Å². The highest BCUT2D eigenvalue weighted by atomic mass is 16.2. The molecule has 1 aromatic carbocycles. The average molecular weight is 453 g/mol. The maximum atomic E-state index is 13.4. The minimum absolute atomic E-state index is 0.141. The van der Waals surface area contributed by atoms with Gasteiger partial charge in [0.1, 0.15) is 12.7 Å². The second-order valence-electron chi connectivity index (χ2n) is 9.26. The minimum atomic E-state index is 0.141. The van der Waals surface area contributed by atoms with Gasteiger partial charge >= 0.3 is 0 Å². The molecule has 2 unspecified atom stereocenters. The van der Waals surface area contributed by atoms with Gasteiger partial charge in [-0.25, -0.2) is 4.98 Å². The van der Waals surface area contributed by atoms with Gasteiger partial charge in [0.2, 0.25) is 11.8 Å². The van der Waals surface area contributed by atoms with Crippen molar-refractivity contribution < 1.29 is 9.59 Å². The number of rotatable bonds is 5. The summed E-state index contributed by atoms with van der Waals surface area (Å²) >= 11 is 0. The molecule has 2 aliphatic rings. The van der Waals surface area contributed by atoms with Gasteiger partial charge in [-0.1, -0.05) is 31.5 Å². The Labute approximate surface area is 196 Å². The van der Waals surface area contributed by atoms with Gasteiger partial charge < -0.3 is 9.80 Å². The highest BCUT2D eigenvalue weighted by Crippen LogP contribution is 2.30. The van der Waals surface area contributed by atoms with Crippen molar-refractivity contribution in [2.45, 2.75) is 77.0 Å². The number of fused-ring (bicyclic) bond motifs is 3. The summed E-state index contributed by atoms with van der Waals surface area (Å²) in [5, 5.41) is 4.14. The number of carbonyl (C=O) groups is 2. The molecule has 8 nitrogen and oxygen atoms in total. The molecule has 0 N–H and O–H groups in total.